The van der Waals surface area contributed by atoms with Crippen LogP contribution in [0.2, 0.25) is 0 Å². The van der Waals surface area contributed by atoms with Gasteiger partial charge in [-0.1, -0.05) is 46.5 Å². The summed E-state index contributed by atoms with van der Waals surface area (Å²) in [6.45, 7) is 9.51. The molecule has 0 N–H and O–H groups in total. The summed E-state index contributed by atoms with van der Waals surface area (Å²) in [5, 5.41) is 0. The maximum Gasteiger partial charge on any atom is 0.116 e. The minimum Gasteiger partial charge on any atom is -0.234 e. The molecule has 0 heterocycles. The molecule has 0 fully saturated rings. The average Bonchev–Trinajstić information content (AvgIpc) is 1.89. The Morgan fingerprint density at radius 1 is 1.36 bits per heavy atom. The van der Waals surface area contributed by atoms with E-state index < -0.39 is 0 Å². The van der Waals surface area contributed by atoms with Crippen LogP contribution in [0.15, 0.2) is 6.58 Å². The third-order valence-corrected chi connectivity index (χ3v) is 1.39. The van der Waals surface area contributed by atoms with Crippen molar-refractivity contribution in [3.05, 3.63) is 6.58 Å². The van der Waals surface area contributed by atoms with E-state index in [4.69, 9.17) is 4.79 Å². The SMILES string of the molecule is C=C=O.CCCCCC(C)C. The van der Waals surface area contributed by atoms with E-state index in [1.54, 1.807) is 0 Å². The van der Waals surface area contributed by atoms with Crippen LogP contribution in [0.5, 0.6) is 0 Å². The van der Waals surface area contributed by atoms with Gasteiger partial charge < -0.3 is 0 Å². The van der Waals surface area contributed by atoms with Crippen molar-refractivity contribution < 1.29 is 4.79 Å². The van der Waals surface area contributed by atoms with Crippen molar-refractivity contribution in [1.82, 2.24) is 0 Å². The average molecular weight is 156 g/mol. The first-order valence-corrected chi connectivity index (χ1v) is 4.33. The van der Waals surface area contributed by atoms with Crippen LogP contribution in [0.3, 0.4) is 0 Å². The van der Waals surface area contributed by atoms with Gasteiger partial charge in [-0.2, -0.15) is 0 Å². The molecule has 66 valence electrons. The molecule has 0 aliphatic carbocycles. The lowest BCUT2D eigenvalue weighted by Crippen LogP contribution is -1.85. The zero-order chi connectivity index (χ0) is 9.11. The molecule has 0 amide bonds. The van der Waals surface area contributed by atoms with Gasteiger partial charge in [-0.05, 0) is 12.5 Å². The monoisotopic (exact) mass is 156 g/mol. The molecule has 0 atom stereocenters. The standard InChI is InChI=1S/C8H18.C2H2O/c1-4-5-6-7-8(2)3;1-2-3/h8H,4-7H2,1-3H3;1H2. The Hall–Kier alpha value is -0.550. The number of rotatable bonds is 4. The van der Waals surface area contributed by atoms with Gasteiger partial charge in [0.05, 0.1) is 0 Å². The molecule has 0 spiro atoms. The van der Waals surface area contributed by atoms with Gasteiger partial charge in [0, 0.05) is 0 Å². The number of unbranched alkanes of at least 4 members (excludes halogenated alkanes) is 2. The van der Waals surface area contributed by atoms with Crippen LogP contribution in [0.25, 0.3) is 0 Å². The van der Waals surface area contributed by atoms with Gasteiger partial charge in [0.2, 0.25) is 0 Å². The van der Waals surface area contributed by atoms with E-state index >= 15 is 0 Å². The van der Waals surface area contributed by atoms with Crippen LogP contribution in [0.4, 0.5) is 0 Å². The highest BCUT2D eigenvalue weighted by Gasteiger charge is 1.90. The highest BCUT2D eigenvalue weighted by molar-refractivity contribution is 5.38. The van der Waals surface area contributed by atoms with Crippen molar-refractivity contribution in [3.8, 4) is 0 Å². The molecule has 1 nitrogen and oxygen atoms in total. The van der Waals surface area contributed by atoms with Crippen molar-refractivity contribution >= 4 is 5.94 Å². The lowest BCUT2D eigenvalue weighted by molar-refractivity contribution is 0.534. The summed E-state index contributed by atoms with van der Waals surface area (Å²) < 4.78 is 0. The molecule has 0 aromatic carbocycles. The van der Waals surface area contributed by atoms with Crippen LogP contribution in [-0.4, -0.2) is 5.94 Å². The molecule has 11 heavy (non-hydrogen) atoms. The van der Waals surface area contributed by atoms with E-state index in [1.807, 2.05) is 0 Å². The fraction of sp³-hybridized carbons (Fsp3) is 0.800. The first-order valence-electron chi connectivity index (χ1n) is 4.33. The van der Waals surface area contributed by atoms with E-state index in [0.717, 1.165) is 5.92 Å². The quantitative estimate of drug-likeness (QED) is 0.451. The summed E-state index contributed by atoms with van der Waals surface area (Å²) in [7, 11) is 0. The maximum absolute atomic E-state index is 8.57. The zero-order valence-electron chi connectivity index (χ0n) is 8.02. The van der Waals surface area contributed by atoms with Gasteiger partial charge in [-0.15, -0.1) is 0 Å². The molecule has 0 rings (SSSR count). The Labute approximate surface area is 70.5 Å². The predicted octanol–water partition coefficient (Wildman–Crippen LogP) is 3.23. The Kier molecular flexibility index (Phi) is 14.4. The summed E-state index contributed by atoms with van der Waals surface area (Å²) in [5.41, 5.74) is 0. The molecule has 0 aliphatic rings. The normalized spacial score (nSPS) is 8.36. The van der Waals surface area contributed by atoms with E-state index in [2.05, 4.69) is 27.4 Å². The van der Waals surface area contributed by atoms with Gasteiger partial charge >= 0.3 is 0 Å². The van der Waals surface area contributed by atoms with Gasteiger partial charge in [0.15, 0.2) is 0 Å². The van der Waals surface area contributed by atoms with E-state index in [0.29, 0.717) is 0 Å². The second kappa shape index (κ2) is 12.2. The second-order valence-corrected chi connectivity index (χ2v) is 3.03. The van der Waals surface area contributed by atoms with Crippen LogP contribution in [-0.2, 0) is 4.79 Å². The Balaban J connectivity index is 0. The highest BCUT2D eigenvalue weighted by Crippen LogP contribution is 2.06. The van der Waals surface area contributed by atoms with Crippen LogP contribution in [0.1, 0.15) is 46.5 Å². The summed E-state index contributed by atoms with van der Waals surface area (Å²) in [5.74, 6) is 2.15. The summed E-state index contributed by atoms with van der Waals surface area (Å²) in [4.78, 5) is 8.57. The Morgan fingerprint density at radius 2 is 1.82 bits per heavy atom. The van der Waals surface area contributed by atoms with E-state index in [-0.39, 0.29) is 0 Å². The number of carbonyl (C=O) groups excluding carboxylic acids is 1. The largest absolute Gasteiger partial charge is 0.234 e. The van der Waals surface area contributed by atoms with Crippen molar-refractivity contribution in [2.75, 3.05) is 0 Å². The van der Waals surface area contributed by atoms with Crippen molar-refractivity contribution in [2.24, 2.45) is 5.92 Å². The van der Waals surface area contributed by atoms with Crippen LogP contribution >= 0.6 is 0 Å². The first-order chi connectivity index (χ1) is 5.18. The topological polar surface area (TPSA) is 17.1 Å². The van der Waals surface area contributed by atoms with Gasteiger partial charge in [0.25, 0.3) is 0 Å². The van der Waals surface area contributed by atoms with E-state index in [1.165, 1.54) is 31.6 Å². The summed E-state index contributed by atoms with van der Waals surface area (Å²) in [6.07, 6.45) is 5.60. The molecular formula is C10H20O. The molecule has 0 aromatic heterocycles. The predicted molar refractivity (Wildman–Crippen MR) is 50.3 cm³/mol. The molecule has 0 saturated heterocycles. The van der Waals surface area contributed by atoms with Gasteiger partial charge in [-0.3, -0.25) is 0 Å². The van der Waals surface area contributed by atoms with Crippen molar-refractivity contribution in [3.63, 3.8) is 0 Å². The maximum atomic E-state index is 8.57. The molecule has 0 bridgehead atoms. The molecule has 1 heteroatoms. The minimum absolute atomic E-state index is 0.904. The minimum atomic E-state index is 0.904. The molecule has 0 aromatic rings. The Morgan fingerprint density at radius 3 is 2.09 bits per heavy atom. The molecular weight excluding hydrogens is 136 g/mol. The highest BCUT2D eigenvalue weighted by atomic mass is 16.1. The lowest BCUT2D eigenvalue weighted by Gasteiger charge is -2.00. The van der Waals surface area contributed by atoms with Crippen LogP contribution in [0, 0.1) is 5.92 Å². The van der Waals surface area contributed by atoms with Gasteiger partial charge in [-0.25, -0.2) is 4.79 Å². The third-order valence-electron chi connectivity index (χ3n) is 1.39. The van der Waals surface area contributed by atoms with Crippen LogP contribution < -0.4 is 0 Å². The Bertz CT molecular complexity index is 89.0. The number of hydrogen-bond donors (Lipinski definition) is 0. The fourth-order valence-corrected chi connectivity index (χ4v) is 0.803. The second-order valence-electron chi connectivity index (χ2n) is 3.03. The van der Waals surface area contributed by atoms with Crippen molar-refractivity contribution in [2.45, 2.75) is 46.5 Å². The molecule has 0 unspecified atom stereocenters. The van der Waals surface area contributed by atoms with E-state index in [9.17, 15) is 0 Å². The first kappa shape index (κ1) is 13.1. The lowest BCUT2D eigenvalue weighted by atomic mass is 10.1. The third kappa shape index (κ3) is 26.5. The van der Waals surface area contributed by atoms with Gasteiger partial charge in [0.1, 0.15) is 5.94 Å². The summed E-state index contributed by atoms with van der Waals surface area (Å²) in [6, 6.07) is 0. The van der Waals surface area contributed by atoms with Crippen molar-refractivity contribution in [1.29, 1.82) is 0 Å². The fourth-order valence-electron chi connectivity index (χ4n) is 0.803. The molecule has 0 aliphatic heterocycles. The zero-order valence-corrected chi connectivity index (χ0v) is 8.02. The molecule has 0 radical (unpaired) electrons. The summed E-state index contributed by atoms with van der Waals surface area (Å²) >= 11 is 0. The smallest absolute Gasteiger partial charge is 0.116 e. The number of hydrogen-bond acceptors (Lipinski definition) is 1. The molecule has 0 saturated carbocycles.